The quantitative estimate of drug-likeness (QED) is 0.521. The molecule has 4 N–H and O–H groups in total. The molecule has 1 saturated heterocycles. The van der Waals surface area contributed by atoms with E-state index < -0.39 is 0 Å². The zero-order chi connectivity index (χ0) is 27.4. The minimum Gasteiger partial charge on any atom is -0.366 e. The number of hydrogen-bond donors (Lipinski definition) is 3. The Bertz CT molecular complexity index is 1190. The molecule has 2 aromatic carbocycles. The van der Waals surface area contributed by atoms with Crippen LogP contribution in [0.15, 0.2) is 42.5 Å². The molecule has 0 atom stereocenters. The summed E-state index contributed by atoms with van der Waals surface area (Å²) in [6.07, 6.45) is 7.89. The Morgan fingerprint density at radius 1 is 0.821 bits per heavy atom. The van der Waals surface area contributed by atoms with Crippen LogP contribution in [0, 0.1) is 12.8 Å². The highest BCUT2D eigenvalue weighted by molar-refractivity contribution is 6.07. The van der Waals surface area contributed by atoms with Gasteiger partial charge in [-0.15, -0.1) is 0 Å². The van der Waals surface area contributed by atoms with Crippen molar-refractivity contribution < 1.29 is 14.4 Å². The van der Waals surface area contributed by atoms with Gasteiger partial charge in [-0.05, 0) is 75.8 Å². The van der Waals surface area contributed by atoms with E-state index in [-0.39, 0.29) is 35.7 Å². The highest BCUT2D eigenvalue weighted by atomic mass is 16.2. The first-order chi connectivity index (χ1) is 18.9. The van der Waals surface area contributed by atoms with E-state index in [1.807, 2.05) is 42.2 Å². The third-order valence-corrected chi connectivity index (χ3v) is 8.53. The van der Waals surface area contributed by atoms with Crippen LogP contribution < -0.4 is 21.3 Å². The van der Waals surface area contributed by atoms with E-state index in [4.69, 9.17) is 5.73 Å². The molecule has 39 heavy (non-hydrogen) atoms. The Labute approximate surface area is 231 Å². The average Bonchev–Trinajstić information content (AvgIpc) is 3.49. The molecule has 5 rings (SSSR count). The van der Waals surface area contributed by atoms with Crippen LogP contribution >= 0.6 is 0 Å². The standard InChI is InChI=1S/C31H41N5O3/c1-21-5-4-8-23(19-21)30(38)34-27-20-24(29(37)33-26-12-10-25(32)11-13-26)9-14-28(27)35-15-17-36(18-16-35)31(39)22-6-2-3-7-22/h4-5,8-9,14,19-20,22,25-26H,2-3,6-7,10-13,15-18,32H2,1H3,(H,33,37)(H,34,38). The molecule has 0 spiro atoms. The second kappa shape index (κ2) is 12.2. The van der Waals surface area contributed by atoms with Crippen LogP contribution in [0.5, 0.6) is 0 Å². The molecule has 3 amide bonds. The van der Waals surface area contributed by atoms with Gasteiger partial charge < -0.3 is 26.2 Å². The van der Waals surface area contributed by atoms with Crippen molar-refractivity contribution in [1.29, 1.82) is 0 Å². The number of anilines is 2. The van der Waals surface area contributed by atoms with Crippen LogP contribution in [0.2, 0.25) is 0 Å². The highest BCUT2D eigenvalue weighted by Gasteiger charge is 2.30. The summed E-state index contributed by atoms with van der Waals surface area (Å²) in [5.74, 6) is 0.114. The van der Waals surface area contributed by atoms with E-state index in [0.29, 0.717) is 43.0 Å². The largest absolute Gasteiger partial charge is 0.366 e. The van der Waals surface area contributed by atoms with Gasteiger partial charge in [-0.3, -0.25) is 14.4 Å². The topological polar surface area (TPSA) is 108 Å². The number of carbonyl (C=O) groups excluding carboxylic acids is 3. The summed E-state index contributed by atoms with van der Waals surface area (Å²) in [5, 5.41) is 6.23. The number of amides is 3. The third-order valence-electron chi connectivity index (χ3n) is 8.53. The summed E-state index contributed by atoms with van der Waals surface area (Å²) < 4.78 is 0. The van der Waals surface area contributed by atoms with Gasteiger partial charge in [0.05, 0.1) is 11.4 Å². The van der Waals surface area contributed by atoms with Gasteiger partial charge in [0.2, 0.25) is 5.91 Å². The number of nitrogens with zero attached hydrogens (tertiary/aromatic N) is 2. The molecule has 2 aliphatic carbocycles. The van der Waals surface area contributed by atoms with Gasteiger partial charge >= 0.3 is 0 Å². The number of benzene rings is 2. The maximum Gasteiger partial charge on any atom is 0.255 e. The summed E-state index contributed by atoms with van der Waals surface area (Å²) in [6, 6.07) is 13.3. The summed E-state index contributed by atoms with van der Waals surface area (Å²) in [6.45, 7) is 4.64. The van der Waals surface area contributed by atoms with Crippen molar-refractivity contribution in [2.45, 2.75) is 70.4 Å². The molecule has 8 nitrogen and oxygen atoms in total. The smallest absolute Gasteiger partial charge is 0.255 e. The number of nitrogens with one attached hydrogen (secondary N) is 2. The van der Waals surface area contributed by atoms with Crippen molar-refractivity contribution >= 4 is 29.1 Å². The van der Waals surface area contributed by atoms with E-state index in [9.17, 15) is 14.4 Å². The summed E-state index contributed by atoms with van der Waals surface area (Å²) in [7, 11) is 0. The van der Waals surface area contributed by atoms with Gasteiger partial charge in [0.1, 0.15) is 0 Å². The molecule has 208 valence electrons. The Morgan fingerprint density at radius 2 is 1.51 bits per heavy atom. The predicted molar refractivity (Wildman–Crippen MR) is 154 cm³/mol. The van der Waals surface area contributed by atoms with E-state index >= 15 is 0 Å². The molecule has 0 radical (unpaired) electrons. The van der Waals surface area contributed by atoms with Crippen molar-refractivity contribution in [3.8, 4) is 0 Å². The first kappa shape index (κ1) is 27.2. The van der Waals surface area contributed by atoms with Gasteiger partial charge in [0, 0.05) is 55.3 Å². The van der Waals surface area contributed by atoms with Crippen LogP contribution in [0.4, 0.5) is 11.4 Å². The van der Waals surface area contributed by atoms with Crippen molar-refractivity contribution in [3.63, 3.8) is 0 Å². The number of hydrogen-bond acceptors (Lipinski definition) is 5. The molecule has 0 aromatic heterocycles. The van der Waals surface area contributed by atoms with Crippen molar-refractivity contribution in [2.24, 2.45) is 11.7 Å². The molecule has 0 unspecified atom stereocenters. The summed E-state index contributed by atoms with van der Waals surface area (Å²) in [5.41, 5.74) is 9.59. The van der Waals surface area contributed by atoms with Gasteiger partial charge in [0.15, 0.2) is 0 Å². The minimum atomic E-state index is -0.214. The van der Waals surface area contributed by atoms with Crippen LogP contribution in [0.25, 0.3) is 0 Å². The third kappa shape index (κ3) is 6.61. The molecule has 3 fully saturated rings. The number of aryl methyl sites for hydroxylation is 1. The molecule has 3 aliphatic rings. The highest BCUT2D eigenvalue weighted by Crippen LogP contribution is 2.31. The molecular formula is C31H41N5O3. The lowest BCUT2D eigenvalue weighted by Gasteiger charge is -2.38. The maximum absolute atomic E-state index is 13.2. The van der Waals surface area contributed by atoms with Crippen molar-refractivity contribution in [3.05, 3.63) is 59.2 Å². The lowest BCUT2D eigenvalue weighted by molar-refractivity contribution is -0.135. The van der Waals surface area contributed by atoms with E-state index in [1.165, 1.54) is 0 Å². The SMILES string of the molecule is Cc1cccc(C(=O)Nc2cc(C(=O)NC3CCC(N)CC3)ccc2N2CCN(C(=O)C3CCCC3)CC2)c1. The van der Waals surface area contributed by atoms with Gasteiger partial charge in [-0.25, -0.2) is 0 Å². The second-order valence-corrected chi connectivity index (χ2v) is 11.4. The number of rotatable bonds is 6. The van der Waals surface area contributed by atoms with Gasteiger partial charge in [0.25, 0.3) is 11.8 Å². The molecule has 1 aliphatic heterocycles. The number of carbonyl (C=O) groups is 3. The predicted octanol–water partition coefficient (Wildman–Crippen LogP) is 4.09. The Hall–Kier alpha value is -3.39. The van der Waals surface area contributed by atoms with Gasteiger partial charge in [-0.1, -0.05) is 30.5 Å². The average molecular weight is 532 g/mol. The Balaban J connectivity index is 1.33. The number of nitrogens with two attached hydrogens (primary N) is 1. The summed E-state index contributed by atoms with van der Waals surface area (Å²) in [4.78, 5) is 43.5. The van der Waals surface area contributed by atoms with Crippen LogP contribution in [0.1, 0.15) is 77.6 Å². The molecule has 0 bridgehead atoms. The van der Waals surface area contributed by atoms with E-state index in [1.54, 1.807) is 12.1 Å². The molecule has 1 heterocycles. The first-order valence-electron chi connectivity index (χ1n) is 14.5. The number of piperazine rings is 1. The fourth-order valence-corrected chi connectivity index (χ4v) is 6.16. The lowest BCUT2D eigenvalue weighted by atomic mass is 9.91. The van der Waals surface area contributed by atoms with E-state index in [0.717, 1.165) is 62.6 Å². The van der Waals surface area contributed by atoms with E-state index in [2.05, 4.69) is 15.5 Å². The van der Waals surface area contributed by atoms with Crippen LogP contribution in [-0.2, 0) is 4.79 Å². The molecular weight excluding hydrogens is 490 g/mol. The zero-order valence-corrected chi connectivity index (χ0v) is 23.0. The summed E-state index contributed by atoms with van der Waals surface area (Å²) >= 11 is 0. The fraction of sp³-hybridized carbons (Fsp3) is 0.516. The minimum absolute atomic E-state index is 0.118. The monoisotopic (exact) mass is 531 g/mol. The normalized spacial score (nSPS) is 22.0. The molecule has 8 heteroatoms. The maximum atomic E-state index is 13.2. The Morgan fingerprint density at radius 3 is 2.21 bits per heavy atom. The molecule has 2 saturated carbocycles. The van der Waals surface area contributed by atoms with Crippen LogP contribution in [-0.4, -0.2) is 60.9 Å². The second-order valence-electron chi connectivity index (χ2n) is 11.4. The zero-order valence-electron chi connectivity index (χ0n) is 23.0. The van der Waals surface area contributed by atoms with Crippen molar-refractivity contribution in [1.82, 2.24) is 10.2 Å². The molecule has 2 aromatic rings. The van der Waals surface area contributed by atoms with Crippen LogP contribution in [0.3, 0.4) is 0 Å². The first-order valence-corrected chi connectivity index (χ1v) is 14.5. The Kier molecular flexibility index (Phi) is 8.50. The van der Waals surface area contributed by atoms with Crippen molar-refractivity contribution in [2.75, 3.05) is 36.4 Å². The lowest BCUT2D eigenvalue weighted by Crippen LogP contribution is -2.50. The van der Waals surface area contributed by atoms with Gasteiger partial charge in [-0.2, -0.15) is 0 Å². The fourth-order valence-electron chi connectivity index (χ4n) is 6.16.